The molecule has 7 nitrogen and oxygen atoms in total. The number of carbonyl (C=O) groups is 2. The lowest BCUT2D eigenvalue weighted by Crippen LogP contribution is -2.43. The van der Waals surface area contributed by atoms with Gasteiger partial charge in [0.1, 0.15) is 17.2 Å². The quantitative estimate of drug-likeness (QED) is 0.681. The Labute approximate surface area is 174 Å². The van der Waals surface area contributed by atoms with Crippen molar-refractivity contribution in [2.45, 2.75) is 50.6 Å². The van der Waals surface area contributed by atoms with Gasteiger partial charge in [-0.25, -0.2) is 4.98 Å². The van der Waals surface area contributed by atoms with Crippen LogP contribution >= 0.6 is 11.6 Å². The smallest absolute Gasteiger partial charge is 0.244 e. The van der Waals surface area contributed by atoms with E-state index in [1.165, 1.54) is 0 Å². The fourth-order valence-corrected chi connectivity index (χ4v) is 4.24. The molecule has 0 unspecified atom stereocenters. The van der Waals surface area contributed by atoms with E-state index in [0.29, 0.717) is 24.0 Å². The Bertz CT molecular complexity index is 962. The Hall–Kier alpha value is -2.59. The number of halogens is 1. The van der Waals surface area contributed by atoms with Crippen molar-refractivity contribution in [3.05, 3.63) is 29.7 Å². The summed E-state index contributed by atoms with van der Waals surface area (Å²) in [6.45, 7) is 0.682. The molecule has 1 aliphatic carbocycles. The van der Waals surface area contributed by atoms with Crippen LogP contribution in [0.5, 0.6) is 0 Å². The highest BCUT2D eigenvalue weighted by atomic mass is 35.5. The molecule has 29 heavy (non-hydrogen) atoms. The Morgan fingerprint density at radius 2 is 2.24 bits per heavy atom. The van der Waals surface area contributed by atoms with Crippen molar-refractivity contribution in [3.8, 4) is 6.07 Å². The van der Waals surface area contributed by atoms with Gasteiger partial charge in [-0.05, 0) is 43.7 Å². The van der Waals surface area contributed by atoms with Gasteiger partial charge in [0.2, 0.25) is 11.8 Å². The first-order chi connectivity index (χ1) is 14.0. The van der Waals surface area contributed by atoms with Crippen LogP contribution in [0, 0.1) is 23.2 Å². The van der Waals surface area contributed by atoms with Gasteiger partial charge < -0.3 is 15.2 Å². The second-order valence-corrected chi connectivity index (χ2v) is 8.43. The SMILES string of the molecule is N#C[C@H](C[C@@H]1CCCNC1=O)NC(=O)[C@H](CC1CC1)n1ccc2cc(Cl)ncc21. The number of nitrogens with zero attached hydrogens (tertiary/aromatic N) is 3. The number of fused-ring (bicyclic) bond motifs is 1. The van der Waals surface area contributed by atoms with Crippen molar-refractivity contribution in [2.75, 3.05) is 6.54 Å². The van der Waals surface area contributed by atoms with E-state index in [1.807, 2.05) is 16.8 Å². The van der Waals surface area contributed by atoms with Crippen molar-refractivity contribution >= 4 is 34.3 Å². The molecule has 152 valence electrons. The van der Waals surface area contributed by atoms with Crippen molar-refractivity contribution in [1.82, 2.24) is 20.2 Å². The molecule has 8 heteroatoms. The third kappa shape index (κ3) is 4.54. The number of carbonyl (C=O) groups excluding carboxylic acids is 2. The zero-order chi connectivity index (χ0) is 20.4. The minimum Gasteiger partial charge on any atom is -0.356 e. The summed E-state index contributed by atoms with van der Waals surface area (Å²) in [4.78, 5) is 29.4. The summed E-state index contributed by atoms with van der Waals surface area (Å²) in [6.07, 6.45) is 8.52. The lowest BCUT2D eigenvalue weighted by atomic mass is 9.92. The first-order valence-corrected chi connectivity index (χ1v) is 10.5. The Morgan fingerprint density at radius 1 is 1.41 bits per heavy atom. The maximum Gasteiger partial charge on any atom is 0.244 e. The summed E-state index contributed by atoms with van der Waals surface area (Å²) in [6, 6.07) is 4.76. The molecule has 1 saturated carbocycles. The fraction of sp³-hybridized carbons (Fsp3) is 0.524. The molecule has 2 aromatic rings. The predicted octanol–water partition coefficient (Wildman–Crippen LogP) is 2.96. The molecule has 2 amide bonds. The van der Waals surface area contributed by atoms with E-state index in [9.17, 15) is 14.9 Å². The number of amides is 2. The molecule has 2 fully saturated rings. The highest BCUT2D eigenvalue weighted by Crippen LogP contribution is 2.38. The molecule has 4 rings (SSSR count). The van der Waals surface area contributed by atoms with Crippen LogP contribution in [0.1, 0.15) is 44.6 Å². The third-order valence-electron chi connectivity index (χ3n) is 5.86. The van der Waals surface area contributed by atoms with Crippen LogP contribution in [0.2, 0.25) is 5.15 Å². The van der Waals surface area contributed by atoms with Gasteiger partial charge in [-0.3, -0.25) is 9.59 Å². The molecule has 1 saturated heterocycles. The zero-order valence-electron chi connectivity index (χ0n) is 16.1. The van der Waals surface area contributed by atoms with Crippen LogP contribution < -0.4 is 10.6 Å². The highest BCUT2D eigenvalue weighted by molar-refractivity contribution is 6.30. The first kappa shape index (κ1) is 19.7. The summed E-state index contributed by atoms with van der Waals surface area (Å²) in [7, 11) is 0. The summed E-state index contributed by atoms with van der Waals surface area (Å²) < 4.78 is 1.92. The number of piperidine rings is 1. The minimum absolute atomic E-state index is 0.0281. The van der Waals surface area contributed by atoms with Gasteiger partial charge in [-0.15, -0.1) is 0 Å². The summed E-state index contributed by atoms with van der Waals surface area (Å²) in [5.74, 6) is 0.0780. The van der Waals surface area contributed by atoms with Gasteiger partial charge in [0, 0.05) is 24.0 Å². The highest BCUT2D eigenvalue weighted by Gasteiger charge is 2.33. The van der Waals surface area contributed by atoms with Crippen molar-refractivity contribution < 1.29 is 9.59 Å². The number of pyridine rings is 1. The van der Waals surface area contributed by atoms with E-state index in [4.69, 9.17) is 11.6 Å². The topological polar surface area (TPSA) is 99.8 Å². The molecule has 3 atom stereocenters. The van der Waals surface area contributed by atoms with E-state index >= 15 is 0 Å². The van der Waals surface area contributed by atoms with E-state index in [-0.39, 0.29) is 17.7 Å². The number of aromatic nitrogens is 2. The van der Waals surface area contributed by atoms with Gasteiger partial charge in [-0.1, -0.05) is 24.4 Å². The van der Waals surface area contributed by atoms with Crippen LogP contribution in [-0.2, 0) is 9.59 Å². The van der Waals surface area contributed by atoms with Crippen LogP contribution in [0.4, 0.5) is 0 Å². The second-order valence-electron chi connectivity index (χ2n) is 8.04. The molecule has 2 N–H and O–H groups in total. The largest absolute Gasteiger partial charge is 0.356 e. The van der Waals surface area contributed by atoms with Gasteiger partial charge in [0.25, 0.3) is 0 Å². The van der Waals surface area contributed by atoms with Crippen molar-refractivity contribution in [1.29, 1.82) is 5.26 Å². The van der Waals surface area contributed by atoms with Gasteiger partial charge >= 0.3 is 0 Å². The standard InChI is InChI=1S/C21H24ClN5O2/c22-19-10-14-5-7-27(18(14)12-25-19)17(8-13-3-4-13)21(29)26-16(11-23)9-15-2-1-6-24-20(15)28/h5,7,10,12-13,15-17H,1-4,6,8-9H2,(H,24,28)(H,26,29)/t15-,16-,17-/m0/s1. The van der Waals surface area contributed by atoms with Crippen LogP contribution in [0.25, 0.3) is 10.9 Å². The third-order valence-corrected chi connectivity index (χ3v) is 6.06. The number of nitrogens with one attached hydrogen (secondary N) is 2. The molecule has 2 aromatic heterocycles. The fourth-order valence-electron chi connectivity index (χ4n) is 4.07. The maximum atomic E-state index is 13.2. The number of nitriles is 1. The average molecular weight is 414 g/mol. The summed E-state index contributed by atoms with van der Waals surface area (Å²) >= 11 is 5.99. The zero-order valence-corrected chi connectivity index (χ0v) is 16.9. The molecular weight excluding hydrogens is 390 g/mol. The Morgan fingerprint density at radius 3 is 2.97 bits per heavy atom. The molecule has 1 aliphatic heterocycles. The van der Waals surface area contributed by atoms with Gasteiger partial charge in [0.05, 0.1) is 17.8 Å². The molecule has 0 radical (unpaired) electrons. The van der Waals surface area contributed by atoms with E-state index in [2.05, 4.69) is 21.7 Å². The van der Waals surface area contributed by atoms with E-state index in [1.54, 1.807) is 12.3 Å². The normalized spacial score (nSPS) is 21.2. The molecule has 2 aliphatic rings. The predicted molar refractivity (Wildman–Crippen MR) is 109 cm³/mol. The molecule has 0 spiro atoms. The lowest BCUT2D eigenvalue weighted by Gasteiger charge is -2.25. The summed E-state index contributed by atoms with van der Waals surface area (Å²) in [5, 5.41) is 16.6. The summed E-state index contributed by atoms with van der Waals surface area (Å²) in [5.41, 5.74) is 0.843. The second kappa shape index (κ2) is 8.42. The van der Waals surface area contributed by atoms with Gasteiger partial charge in [-0.2, -0.15) is 5.26 Å². The molecular formula is C21H24ClN5O2. The Kier molecular flexibility index (Phi) is 5.72. The Balaban J connectivity index is 1.52. The van der Waals surface area contributed by atoms with Crippen molar-refractivity contribution in [2.24, 2.45) is 11.8 Å². The van der Waals surface area contributed by atoms with Crippen LogP contribution in [0.3, 0.4) is 0 Å². The lowest BCUT2D eigenvalue weighted by molar-refractivity contribution is -0.128. The van der Waals surface area contributed by atoms with Crippen molar-refractivity contribution in [3.63, 3.8) is 0 Å². The molecule has 3 heterocycles. The monoisotopic (exact) mass is 413 g/mol. The van der Waals surface area contributed by atoms with E-state index in [0.717, 1.165) is 43.0 Å². The average Bonchev–Trinajstić information content (AvgIpc) is 3.45. The number of hydrogen-bond donors (Lipinski definition) is 2. The minimum atomic E-state index is -0.688. The van der Waals surface area contributed by atoms with Crippen LogP contribution in [-0.4, -0.2) is 34.0 Å². The first-order valence-electron chi connectivity index (χ1n) is 10.1. The molecule has 0 aromatic carbocycles. The van der Waals surface area contributed by atoms with Gasteiger partial charge in [0.15, 0.2) is 0 Å². The van der Waals surface area contributed by atoms with Crippen LogP contribution in [0.15, 0.2) is 24.5 Å². The molecule has 0 bridgehead atoms. The van der Waals surface area contributed by atoms with E-state index < -0.39 is 12.1 Å². The number of hydrogen-bond acceptors (Lipinski definition) is 4. The maximum absolute atomic E-state index is 13.2. The number of rotatable bonds is 7.